The Balaban J connectivity index is 1.61. The van der Waals surface area contributed by atoms with Crippen molar-refractivity contribution in [3.05, 3.63) is 95.8 Å². The van der Waals surface area contributed by atoms with Gasteiger partial charge in [-0.05, 0) is 48.7 Å². The number of amides is 2. The predicted octanol–water partition coefficient (Wildman–Crippen LogP) is 4.84. The molecule has 32 heavy (non-hydrogen) atoms. The van der Waals surface area contributed by atoms with Crippen LogP contribution < -0.4 is 10.2 Å². The number of rotatable bonds is 4. The molecule has 0 radical (unpaired) electrons. The second-order valence-electron chi connectivity index (χ2n) is 8.70. The minimum absolute atomic E-state index is 0.0116. The van der Waals surface area contributed by atoms with Gasteiger partial charge in [-0.25, -0.2) is 0 Å². The van der Waals surface area contributed by atoms with Crippen molar-refractivity contribution in [2.75, 3.05) is 4.90 Å². The number of carbonyl (C=O) groups is 2. The summed E-state index contributed by atoms with van der Waals surface area (Å²) in [5.41, 5.74) is 2.56. The van der Waals surface area contributed by atoms with Crippen molar-refractivity contribution >= 4 is 17.5 Å². The average Bonchev–Trinajstić information content (AvgIpc) is 2.85. The van der Waals surface area contributed by atoms with E-state index < -0.39 is 11.5 Å². The number of nitrogens with zero attached hydrogens (tertiary/aromatic N) is 2. The Kier molecular flexibility index (Phi) is 5.48. The lowest BCUT2D eigenvalue weighted by Crippen LogP contribution is -2.63. The predicted molar refractivity (Wildman–Crippen MR) is 124 cm³/mol. The first kappa shape index (κ1) is 20.4. The van der Waals surface area contributed by atoms with Gasteiger partial charge >= 0.3 is 0 Å². The van der Waals surface area contributed by atoms with Gasteiger partial charge in [0.2, 0.25) is 5.91 Å². The van der Waals surface area contributed by atoms with Crippen LogP contribution in [0.5, 0.6) is 0 Å². The molecule has 162 valence electrons. The summed E-state index contributed by atoms with van der Waals surface area (Å²) >= 11 is 0. The molecule has 1 aliphatic heterocycles. The van der Waals surface area contributed by atoms with Crippen LogP contribution in [0.15, 0.2) is 79.0 Å². The van der Waals surface area contributed by atoms with E-state index in [1.807, 2.05) is 77.7 Å². The monoisotopic (exact) mass is 425 g/mol. The largest absolute Gasteiger partial charge is 0.350 e. The molecule has 1 N–H and O–H groups in total. The highest BCUT2D eigenvalue weighted by molar-refractivity contribution is 6.12. The SMILES string of the molecule is O=C(NCc1ccccn1)C1c2ccccc2C(=O)N(c2ccccc2)C12CCCCC2. The quantitative estimate of drug-likeness (QED) is 0.650. The number of anilines is 1. The van der Waals surface area contributed by atoms with E-state index in [-0.39, 0.29) is 11.8 Å². The third-order valence-corrected chi connectivity index (χ3v) is 6.85. The third kappa shape index (κ3) is 3.48. The van der Waals surface area contributed by atoms with E-state index in [0.717, 1.165) is 49.0 Å². The van der Waals surface area contributed by atoms with Crippen molar-refractivity contribution in [3.63, 3.8) is 0 Å². The van der Waals surface area contributed by atoms with Crippen LogP contribution in [0, 0.1) is 0 Å². The van der Waals surface area contributed by atoms with Crippen LogP contribution in [-0.2, 0) is 11.3 Å². The highest BCUT2D eigenvalue weighted by atomic mass is 16.2. The first-order valence-corrected chi connectivity index (χ1v) is 11.4. The van der Waals surface area contributed by atoms with Gasteiger partial charge in [-0.15, -0.1) is 0 Å². The number of carbonyl (C=O) groups excluding carboxylic acids is 2. The minimum Gasteiger partial charge on any atom is -0.350 e. The van der Waals surface area contributed by atoms with Gasteiger partial charge in [0.25, 0.3) is 5.91 Å². The number of fused-ring (bicyclic) bond motifs is 1. The molecule has 5 rings (SSSR count). The molecule has 1 fully saturated rings. The molecular weight excluding hydrogens is 398 g/mol. The van der Waals surface area contributed by atoms with E-state index in [2.05, 4.69) is 10.3 Å². The number of hydrogen-bond donors (Lipinski definition) is 1. The lowest BCUT2D eigenvalue weighted by molar-refractivity contribution is -0.124. The number of pyridine rings is 1. The molecule has 0 saturated heterocycles. The van der Waals surface area contributed by atoms with E-state index in [0.29, 0.717) is 12.1 Å². The molecule has 1 aromatic heterocycles. The Morgan fingerprint density at radius 3 is 2.41 bits per heavy atom. The van der Waals surface area contributed by atoms with Crippen molar-refractivity contribution < 1.29 is 9.59 Å². The molecule has 2 aromatic carbocycles. The minimum atomic E-state index is -0.570. The second kappa shape index (κ2) is 8.58. The normalized spacial score (nSPS) is 19.4. The fraction of sp³-hybridized carbons (Fsp3) is 0.296. The zero-order valence-corrected chi connectivity index (χ0v) is 18.0. The maximum absolute atomic E-state index is 13.8. The zero-order valence-electron chi connectivity index (χ0n) is 18.0. The van der Waals surface area contributed by atoms with Gasteiger partial charge < -0.3 is 10.2 Å². The van der Waals surface area contributed by atoms with E-state index in [4.69, 9.17) is 0 Å². The molecule has 1 spiro atoms. The Morgan fingerprint density at radius 2 is 1.66 bits per heavy atom. The molecular formula is C27H27N3O2. The second-order valence-corrected chi connectivity index (χ2v) is 8.70. The van der Waals surface area contributed by atoms with Crippen molar-refractivity contribution in [3.8, 4) is 0 Å². The van der Waals surface area contributed by atoms with Crippen molar-refractivity contribution in [1.82, 2.24) is 10.3 Å². The lowest BCUT2D eigenvalue weighted by Gasteiger charge is -2.53. The van der Waals surface area contributed by atoms with Gasteiger partial charge in [0, 0.05) is 17.4 Å². The van der Waals surface area contributed by atoms with Crippen molar-refractivity contribution in [2.24, 2.45) is 0 Å². The van der Waals surface area contributed by atoms with Crippen LogP contribution in [0.1, 0.15) is 59.6 Å². The Bertz CT molecular complexity index is 1110. The van der Waals surface area contributed by atoms with Crippen LogP contribution >= 0.6 is 0 Å². The molecule has 1 saturated carbocycles. The van der Waals surface area contributed by atoms with E-state index in [1.165, 1.54) is 0 Å². The average molecular weight is 426 g/mol. The molecule has 1 aliphatic carbocycles. The van der Waals surface area contributed by atoms with E-state index in [1.54, 1.807) is 6.20 Å². The molecule has 1 unspecified atom stereocenters. The zero-order chi connectivity index (χ0) is 22.0. The first-order valence-electron chi connectivity index (χ1n) is 11.4. The smallest absolute Gasteiger partial charge is 0.259 e. The number of nitrogens with one attached hydrogen (secondary N) is 1. The Labute approximate surface area is 188 Å². The summed E-state index contributed by atoms with van der Waals surface area (Å²) in [6.45, 7) is 0.369. The van der Waals surface area contributed by atoms with Crippen molar-refractivity contribution in [1.29, 1.82) is 0 Å². The first-order chi connectivity index (χ1) is 15.7. The van der Waals surface area contributed by atoms with Crippen LogP contribution in [0.2, 0.25) is 0 Å². The molecule has 3 aromatic rings. The van der Waals surface area contributed by atoms with Crippen molar-refractivity contribution in [2.45, 2.75) is 50.1 Å². The number of aromatic nitrogens is 1. The Morgan fingerprint density at radius 1 is 0.938 bits per heavy atom. The Hall–Kier alpha value is -3.47. The van der Waals surface area contributed by atoms with Gasteiger partial charge in [0.1, 0.15) is 0 Å². The number of hydrogen-bond acceptors (Lipinski definition) is 3. The van der Waals surface area contributed by atoms with Gasteiger partial charge in [-0.1, -0.05) is 61.7 Å². The van der Waals surface area contributed by atoms with Gasteiger partial charge in [-0.3, -0.25) is 14.6 Å². The maximum Gasteiger partial charge on any atom is 0.259 e. The molecule has 2 amide bonds. The molecule has 2 heterocycles. The van der Waals surface area contributed by atoms with Gasteiger partial charge in [0.05, 0.1) is 23.7 Å². The standard InChI is InChI=1S/C27H27N3O2/c31-25(29-19-20-11-7-10-18-28-20)24-22-14-5-6-15-23(22)26(32)30(21-12-3-1-4-13-21)27(24)16-8-2-9-17-27/h1,3-7,10-15,18,24H,2,8-9,16-17,19H2,(H,29,31). The summed E-state index contributed by atoms with van der Waals surface area (Å²) in [6, 6.07) is 23.1. The van der Waals surface area contributed by atoms with E-state index in [9.17, 15) is 9.59 Å². The van der Waals surface area contributed by atoms with Crippen LogP contribution in [0.25, 0.3) is 0 Å². The van der Waals surface area contributed by atoms with Gasteiger partial charge in [0.15, 0.2) is 0 Å². The molecule has 2 aliphatic rings. The number of para-hydroxylation sites is 1. The molecule has 5 heteroatoms. The topological polar surface area (TPSA) is 62.3 Å². The summed E-state index contributed by atoms with van der Waals surface area (Å²) in [6.07, 6.45) is 6.48. The third-order valence-electron chi connectivity index (χ3n) is 6.85. The molecule has 1 atom stereocenters. The summed E-state index contributed by atoms with van der Waals surface area (Å²) in [5, 5.41) is 3.13. The van der Waals surface area contributed by atoms with Crippen LogP contribution in [0.3, 0.4) is 0 Å². The summed E-state index contributed by atoms with van der Waals surface area (Å²) in [4.78, 5) is 33.9. The van der Waals surface area contributed by atoms with Crippen LogP contribution in [-0.4, -0.2) is 22.3 Å². The fourth-order valence-corrected chi connectivity index (χ4v) is 5.48. The van der Waals surface area contributed by atoms with Gasteiger partial charge in [-0.2, -0.15) is 0 Å². The highest BCUT2D eigenvalue weighted by Crippen LogP contribution is 2.50. The van der Waals surface area contributed by atoms with Crippen LogP contribution in [0.4, 0.5) is 5.69 Å². The number of benzene rings is 2. The maximum atomic E-state index is 13.8. The van der Waals surface area contributed by atoms with E-state index >= 15 is 0 Å². The summed E-state index contributed by atoms with van der Waals surface area (Å²) < 4.78 is 0. The summed E-state index contributed by atoms with van der Waals surface area (Å²) in [5.74, 6) is -0.485. The fourth-order valence-electron chi connectivity index (χ4n) is 5.48. The molecule has 5 nitrogen and oxygen atoms in total. The lowest BCUT2D eigenvalue weighted by atomic mass is 9.65. The highest BCUT2D eigenvalue weighted by Gasteiger charge is 2.55. The summed E-state index contributed by atoms with van der Waals surface area (Å²) in [7, 11) is 0. The molecule has 0 bridgehead atoms.